The lowest BCUT2D eigenvalue weighted by molar-refractivity contribution is -0.145. The summed E-state index contributed by atoms with van der Waals surface area (Å²) < 4.78 is 0.691. The van der Waals surface area contributed by atoms with Gasteiger partial charge in [0.25, 0.3) is 0 Å². The molecule has 0 bridgehead atoms. The molecule has 3 aromatic heterocycles. The summed E-state index contributed by atoms with van der Waals surface area (Å²) in [6.07, 6.45) is 4.85. The van der Waals surface area contributed by atoms with Crippen LogP contribution in [0.5, 0.6) is 11.8 Å². The molecule has 0 saturated carbocycles. The molecule has 0 aromatic carbocycles. The van der Waals surface area contributed by atoms with E-state index in [4.69, 9.17) is 4.84 Å². The molecule has 2 N–H and O–H groups in total. The van der Waals surface area contributed by atoms with Crippen LogP contribution < -0.4 is 4.84 Å². The van der Waals surface area contributed by atoms with Crippen LogP contribution in [0.25, 0.3) is 11.4 Å². The first-order valence-electron chi connectivity index (χ1n) is 8.22. The number of nitrogens with zero attached hydrogens (tertiary/aromatic N) is 3. The molecule has 0 saturated heterocycles. The van der Waals surface area contributed by atoms with Gasteiger partial charge in [0.1, 0.15) is 0 Å². The number of hydrogen-bond donors (Lipinski definition) is 2. The zero-order valence-corrected chi connectivity index (χ0v) is 14.3. The van der Waals surface area contributed by atoms with Crippen molar-refractivity contribution in [2.24, 2.45) is 0 Å². The van der Waals surface area contributed by atoms with Crippen molar-refractivity contribution in [2.45, 2.75) is 26.2 Å². The lowest BCUT2D eigenvalue weighted by Crippen LogP contribution is -2.18. The third kappa shape index (κ3) is 4.18. The Morgan fingerprint density at radius 1 is 1.04 bits per heavy atom. The maximum Gasteiger partial charge on any atom is 0.333 e. The fourth-order valence-electron chi connectivity index (χ4n) is 2.53. The molecule has 0 aliphatic heterocycles. The molecule has 134 valence electrons. The summed E-state index contributed by atoms with van der Waals surface area (Å²) in [5, 5.41) is 18.9. The van der Waals surface area contributed by atoms with Crippen LogP contribution in [-0.2, 0) is 11.2 Å². The average Bonchev–Trinajstić information content (AvgIpc) is 2.94. The van der Waals surface area contributed by atoms with E-state index in [0.29, 0.717) is 17.6 Å². The normalized spacial score (nSPS) is 10.7. The van der Waals surface area contributed by atoms with Gasteiger partial charge in [-0.2, -0.15) is 0 Å². The Morgan fingerprint density at radius 3 is 2.38 bits per heavy atom. The predicted molar refractivity (Wildman–Crippen MR) is 94.5 cm³/mol. The monoisotopic (exact) mass is 353 g/mol. The Labute approximate surface area is 150 Å². The second-order valence-corrected chi connectivity index (χ2v) is 5.93. The number of pyridine rings is 2. The molecule has 7 nitrogen and oxygen atoms in total. The summed E-state index contributed by atoms with van der Waals surface area (Å²) in [5.74, 6) is -1.21. The Hall–Kier alpha value is -3.35. The quantitative estimate of drug-likeness (QED) is 0.707. The lowest BCUT2D eigenvalue weighted by atomic mass is 10.1. The van der Waals surface area contributed by atoms with E-state index in [9.17, 15) is 15.0 Å². The minimum Gasteiger partial charge on any atom is -0.492 e. The smallest absolute Gasteiger partial charge is 0.333 e. The fourth-order valence-corrected chi connectivity index (χ4v) is 2.53. The number of aromatic hydroxyl groups is 2. The molecule has 3 heterocycles. The molecular weight excluding hydrogens is 334 g/mol. The molecule has 0 amide bonds. The molecular formula is C19H19N3O4. The number of hydrogen-bond acceptors (Lipinski definition) is 6. The van der Waals surface area contributed by atoms with E-state index in [2.05, 4.69) is 9.97 Å². The van der Waals surface area contributed by atoms with E-state index in [1.54, 1.807) is 12.4 Å². The highest BCUT2D eigenvalue weighted by Gasteiger charge is 2.12. The van der Waals surface area contributed by atoms with Gasteiger partial charge in [-0.1, -0.05) is 0 Å². The standard InChI is InChI=1S/C19H19N3O4/c1-13-7-9-20-15(11-13)16-12-14(8-10-21-16)3-2-4-19(25)26-22-17(23)5-6-18(22)24/h5-12,23-24H,2-4H2,1H3. The summed E-state index contributed by atoms with van der Waals surface area (Å²) in [7, 11) is 0. The van der Waals surface area contributed by atoms with Crippen LogP contribution in [-0.4, -0.2) is 30.9 Å². The van der Waals surface area contributed by atoms with Crippen molar-refractivity contribution >= 4 is 5.97 Å². The van der Waals surface area contributed by atoms with Crippen LogP contribution in [0.4, 0.5) is 0 Å². The van der Waals surface area contributed by atoms with Crippen LogP contribution in [0.3, 0.4) is 0 Å². The topological polar surface area (TPSA) is 97.5 Å². The van der Waals surface area contributed by atoms with Crippen LogP contribution in [0.1, 0.15) is 24.0 Å². The van der Waals surface area contributed by atoms with Gasteiger partial charge < -0.3 is 15.1 Å². The highest BCUT2D eigenvalue weighted by atomic mass is 16.7. The summed E-state index contributed by atoms with van der Waals surface area (Å²) in [6.45, 7) is 2.00. The third-order valence-electron chi connectivity index (χ3n) is 3.84. The minimum absolute atomic E-state index is 0.150. The van der Waals surface area contributed by atoms with E-state index in [0.717, 1.165) is 22.5 Å². The van der Waals surface area contributed by atoms with E-state index in [1.165, 1.54) is 12.1 Å². The van der Waals surface area contributed by atoms with Gasteiger partial charge in [0, 0.05) is 30.9 Å². The average molecular weight is 353 g/mol. The molecule has 3 rings (SSSR count). The first-order valence-corrected chi connectivity index (χ1v) is 8.22. The highest BCUT2D eigenvalue weighted by molar-refractivity contribution is 5.70. The van der Waals surface area contributed by atoms with Crippen LogP contribution >= 0.6 is 0 Å². The number of carbonyl (C=O) groups is 1. The van der Waals surface area contributed by atoms with Crippen molar-refractivity contribution in [1.29, 1.82) is 0 Å². The third-order valence-corrected chi connectivity index (χ3v) is 3.84. The molecule has 0 spiro atoms. The molecule has 7 heteroatoms. The molecule has 0 fully saturated rings. The van der Waals surface area contributed by atoms with Gasteiger partial charge in [0.2, 0.25) is 11.8 Å². The van der Waals surface area contributed by atoms with Gasteiger partial charge in [-0.05, 0) is 55.2 Å². The Kier molecular flexibility index (Phi) is 5.17. The SMILES string of the molecule is Cc1ccnc(-c2cc(CCCC(=O)On3c(O)ccc3O)ccn2)c1. The van der Waals surface area contributed by atoms with Crippen LogP contribution in [0.2, 0.25) is 0 Å². The van der Waals surface area contributed by atoms with Gasteiger partial charge >= 0.3 is 5.97 Å². The maximum atomic E-state index is 11.8. The number of aryl methyl sites for hydroxylation is 2. The number of carbonyl (C=O) groups excluding carboxylic acids is 1. The fraction of sp³-hybridized carbons (Fsp3) is 0.211. The van der Waals surface area contributed by atoms with E-state index in [1.807, 2.05) is 31.2 Å². The molecule has 0 radical (unpaired) electrons. The molecule has 0 unspecified atom stereocenters. The summed E-state index contributed by atoms with van der Waals surface area (Å²) in [6, 6.07) is 10.2. The Bertz CT molecular complexity index is 901. The van der Waals surface area contributed by atoms with Crippen molar-refractivity contribution in [1.82, 2.24) is 14.7 Å². The Morgan fingerprint density at radius 2 is 1.69 bits per heavy atom. The molecule has 0 aliphatic carbocycles. The first-order chi connectivity index (χ1) is 12.5. The zero-order chi connectivity index (χ0) is 18.5. The Balaban J connectivity index is 1.57. The molecule has 0 atom stereocenters. The molecule has 0 aliphatic rings. The molecule has 26 heavy (non-hydrogen) atoms. The van der Waals surface area contributed by atoms with Gasteiger partial charge in [-0.25, -0.2) is 4.79 Å². The predicted octanol–water partition coefficient (Wildman–Crippen LogP) is 2.64. The lowest BCUT2D eigenvalue weighted by Gasteiger charge is -2.07. The minimum atomic E-state index is -0.540. The summed E-state index contributed by atoms with van der Waals surface area (Å²) in [4.78, 5) is 25.4. The van der Waals surface area contributed by atoms with E-state index >= 15 is 0 Å². The second-order valence-electron chi connectivity index (χ2n) is 5.93. The largest absolute Gasteiger partial charge is 0.492 e. The van der Waals surface area contributed by atoms with Crippen molar-refractivity contribution in [3.63, 3.8) is 0 Å². The van der Waals surface area contributed by atoms with E-state index < -0.39 is 5.97 Å². The van der Waals surface area contributed by atoms with Gasteiger partial charge in [-0.15, -0.1) is 4.73 Å². The first kappa shape index (κ1) is 17.5. The van der Waals surface area contributed by atoms with Gasteiger partial charge in [-0.3, -0.25) is 9.97 Å². The van der Waals surface area contributed by atoms with Crippen LogP contribution in [0.15, 0.2) is 48.8 Å². The van der Waals surface area contributed by atoms with E-state index in [-0.39, 0.29) is 18.2 Å². The highest BCUT2D eigenvalue weighted by Crippen LogP contribution is 2.20. The second kappa shape index (κ2) is 7.69. The maximum absolute atomic E-state index is 11.8. The van der Waals surface area contributed by atoms with Crippen LogP contribution in [0, 0.1) is 6.92 Å². The zero-order valence-electron chi connectivity index (χ0n) is 14.3. The summed E-state index contributed by atoms with van der Waals surface area (Å²) in [5.41, 5.74) is 3.75. The number of rotatable bonds is 6. The van der Waals surface area contributed by atoms with Crippen molar-refractivity contribution in [3.8, 4) is 23.1 Å². The van der Waals surface area contributed by atoms with Crippen molar-refractivity contribution < 1.29 is 19.8 Å². The van der Waals surface area contributed by atoms with Gasteiger partial charge in [0.05, 0.1) is 11.4 Å². The van der Waals surface area contributed by atoms with Crippen molar-refractivity contribution in [2.75, 3.05) is 0 Å². The van der Waals surface area contributed by atoms with Gasteiger partial charge in [0.15, 0.2) is 0 Å². The van der Waals surface area contributed by atoms with Crippen molar-refractivity contribution in [3.05, 3.63) is 59.9 Å². The number of aromatic nitrogens is 3. The summed E-state index contributed by atoms with van der Waals surface area (Å²) >= 11 is 0. The molecule has 3 aromatic rings.